The van der Waals surface area contributed by atoms with E-state index in [1.807, 2.05) is 0 Å². The van der Waals surface area contributed by atoms with Gasteiger partial charge in [-0.25, -0.2) is 0 Å². The van der Waals surface area contributed by atoms with E-state index in [1.165, 1.54) is 24.3 Å². The first-order valence-electron chi connectivity index (χ1n) is 7.33. The van der Waals surface area contributed by atoms with Crippen LogP contribution in [0.25, 0.3) is 0 Å². The van der Waals surface area contributed by atoms with Gasteiger partial charge >= 0.3 is 0 Å². The maximum atomic E-state index is 12.4. The van der Waals surface area contributed by atoms with Crippen LogP contribution in [0.5, 0.6) is 0 Å². The van der Waals surface area contributed by atoms with Crippen molar-refractivity contribution in [1.82, 2.24) is 4.90 Å². The van der Waals surface area contributed by atoms with E-state index >= 15 is 0 Å². The van der Waals surface area contributed by atoms with Crippen LogP contribution in [-0.2, 0) is 4.79 Å². The maximum absolute atomic E-state index is 12.4. The molecule has 9 heteroatoms. The normalized spacial score (nSPS) is 12.9. The van der Waals surface area contributed by atoms with Crippen molar-refractivity contribution in [3.8, 4) is 0 Å². The van der Waals surface area contributed by atoms with E-state index < -0.39 is 30.2 Å². The van der Waals surface area contributed by atoms with Gasteiger partial charge in [0.1, 0.15) is 6.54 Å². The molecule has 0 fully saturated rings. The first-order chi connectivity index (χ1) is 12.3. The fourth-order valence-corrected chi connectivity index (χ4v) is 2.85. The van der Waals surface area contributed by atoms with Gasteiger partial charge in [-0.1, -0.05) is 29.3 Å². The van der Waals surface area contributed by atoms with E-state index in [9.17, 15) is 19.2 Å². The van der Waals surface area contributed by atoms with Crippen LogP contribution >= 0.6 is 23.2 Å². The average molecular weight is 392 g/mol. The number of anilines is 1. The van der Waals surface area contributed by atoms with Gasteiger partial charge in [-0.15, -0.1) is 0 Å². The number of halogens is 2. The summed E-state index contributed by atoms with van der Waals surface area (Å²) >= 11 is 11.8. The van der Waals surface area contributed by atoms with Crippen LogP contribution in [-0.4, -0.2) is 35.1 Å². The zero-order valence-corrected chi connectivity index (χ0v) is 14.6. The summed E-state index contributed by atoms with van der Waals surface area (Å²) in [6, 6.07) is 8.58. The highest BCUT2D eigenvalue weighted by atomic mass is 35.5. The number of primary amides is 1. The highest BCUT2D eigenvalue weighted by molar-refractivity contribution is 6.43. The van der Waals surface area contributed by atoms with Gasteiger partial charge in [-0.3, -0.25) is 24.1 Å². The average Bonchev–Trinajstić information content (AvgIpc) is 2.80. The highest BCUT2D eigenvalue weighted by Crippen LogP contribution is 2.31. The third-order valence-electron chi connectivity index (χ3n) is 3.74. The minimum atomic E-state index is -0.643. The van der Waals surface area contributed by atoms with Crippen molar-refractivity contribution in [3.63, 3.8) is 0 Å². The quantitative estimate of drug-likeness (QED) is 0.779. The van der Waals surface area contributed by atoms with E-state index in [-0.39, 0.29) is 26.7 Å². The summed E-state index contributed by atoms with van der Waals surface area (Å²) in [4.78, 5) is 48.9. The third kappa shape index (κ3) is 3.26. The lowest BCUT2D eigenvalue weighted by Gasteiger charge is -2.13. The van der Waals surface area contributed by atoms with Gasteiger partial charge in [-0.2, -0.15) is 0 Å². The third-order valence-corrected chi connectivity index (χ3v) is 4.47. The van der Waals surface area contributed by atoms with Crippen LogP contribution in [0.3, 0.4) is 0 Å². The summed E-state index contributed by atoms with van der Waals surface area (Å²) in [5, 5.41) is 2.79. The summed E-state index contributed by atoms with van der Waals surface area (Å²) in [5.41, 5.74) is 5.90. The number of nitrogens with one attached hydrogen (secondary N) is 1. The number of imide groups is 1. The second kappa shape index (κ2) is 6.78. The Morgan fingerprint density at radius 2 is 1.58 bits per heavy atom. The Bertz CT molecular complexity index is 933. The molecule has 4 amide bonds. The van der Waals surface area contributed by atoms with E-state index in [4.69, 9.17) is 28.9 Å². The molecule has 0 saturated heterocycles. The van der Waals surface area contributed by atoms with Crippen molar-refractivity contribution in [2.75, 3.05) is 11.9 Å². The van der Waals surface area contributed by atoms with Gasteiger partial charge in [0.25, 0.3) is 11.8 Å². The molecule has 132 valence electrons. The molecule has 3 N–H and O–H groups in total. The molecule has 3 rings (SSSR count). The molecule has 0 radical (unpaired) electrons. The Kier molecular flexibility index (Phi) is 4.67. The number of amides is 4. The predicted molar refractivity (Wildman–Crippen MR) is 95.4 cm³/mol. The number of carbonyl (C=O) groups is 4. The molecular formula is C17H11Cl2N3O4. The number of fused-ring (bicyclic) bond motifs is 1. The molecule has 0 saturated carbocycles. The molecule has 0 aliphatic carbocycles. The highest BCUT2D eigenvalue weighted by Gasteiger charge is 2.37. The molecule has 26 heavy (non-hydrogen) atoms. The van der Waals surface area contributed by atoms with Crippen molar-refractivity contribution in [2.24, 2.45) is 5.73 Å². The summed E-state index contributed by atoms with van der Waals surface area (Å²) in [5.74, 6) is -2.53. The summed E-state index contributed by atoms with van der Waals surface area (Å²) in [6.45, 7) is -0.498. The molecule has 0 unspecified atom stereocenters. The maximum Gasteiger partial charge on any atom is 0.262 e. The number of rotatable bonds is 4. The number of nitrogens with two attached hydrogens (primary N) is 1. The smallest absolute Gasteiger partial charge is 0.262 e. The fraction of sp³-hybridized carbons (Fsp3) is 0.0588. The van der Waals surface area contributed by atoms with Gasteiger partial charge in [0.05, 0.1) is 21.2 Å². The van der Waals surface area contributed by atoms with Crippen LogP contribution in [0.2, 0.25) is 10.0 Å². The Labute approximate surface area is 157 Å². The zero-order valence-electron chi connectivity index (χ0n) is 13.1. The van der Waals surface area contributed by atoms with Crippen molar-refractivity contribution < 1.29 is 19.2 Å². The molecule has 2 aromatic carbocycles. The van der Waals surface area contributed by atoms with Gasteiger partial charge in [0, 0.05) is 11.3 Å². The lowest BCUT2D eigenvalue weighted by molar-refractivity contribution is -0.116. The Morgan fingerprint density at radius 1 is 1.00 bits per heavy atom. The van der Waals surface area contributed by atoms with Crippen LogP contribution in [0.15, 0.2) is 36.4 Å². The number of nitrogens with zero attached hydrogens (tertiary/aromatic N) is 1. The van der Waals surface area contributed by atoms with Crippen LogP contribution < -0.4 is 11.1 Å². The van der Waals surface area contributed by atoms with Crippen molar-refractivity contribution in [1.29, 1.82) is 0 Å². The van der Waals surface area contributed by atoms with Gasteiger partial charge in [-0.05, 0) is 30.3 Å². The number of hydrogen-bond acceptors (Lipinski definition) is 4. The SMILES string of the molecule is NC(=O)c1cccc(NC(=O)CN2C(=O)c3cc(Cl)c(Cl)cc3C2=O)c1. The van der Waals surface area contributed by atoms with Gasteiger partial charge in [0.15, 0.2) is 0 Å². The minimum Gasteiger partial charge on any atom is -0.366 e. The van der Waals surface area contributed by atoms with Crippen molar-refractivity contribution >= 4 is 52.5 Å². The molecule has 0 bridgehead atoms. The van der Waals surface area contributed by atoms with Crippen LogP contribution in [0, 0.1) is 0 Å². The zero-order chi connectivity index (χ0) is 19.0. The standard InChI is InChI=1S/C17H11Cl2N3O4/c18-12-5-10-11(6-13(12)19)17(26)22(16(10)25)7-14(23)21-9-3-1-2-8(4-9)15(20)24/h1-6H,7H2,(H2,20,24)(H,21,23). The summed E-state index contributed by atoms with van der Waals surface area (Å²) < 4.78 is 0. The largest absolute Gasteiger partial charge is 0.366 e. The van der Waals surface area contributed by atoms with E-state index in [1.54, 1.807) is 12.1 Å². The Balaban J connectivity index is 1.76. The molecular weight excluding hydrogens is 381 g/mol. The molecule has 1 aliphatic rings. The summed E-state index contributed by atoms with van der Waals surface area (Å²) in [6.07, 6.45) is 0. The number of hydrogen-bond donors (Lipinski definition) is 2. The molecule has 1 heterocycles. The Morgan fingerprint density at radius 3 is 2.12 bits per heavy atom. The lowest BCUT2D eigenvalue weighted by Crippen LogP contribution is -2.37. The topological polar surface area (TPSA) is 110 Å². The fourth-order valence-electron chi connectivity index (χ4n) is 2.52. The number of carbonyl (C=O) groups excluding carboxylic acids is 4. The predicted octanol–water partition coefficient (Wildman–Crippen LogP) is 2.33. The minimum absolute atomic E-state index is 0.0907. The molecule has 1 aliphatic heterocycles. The lowest BCUT2D eigenvalue weighted by atomic mass is 10.1. The molecule has 7 nitrogen and oxygen atoms in total. The second-order valence-corrected chi connectivity index (χ2v) is 6.32. The number of benzene rings is 2. The Hall–Kier alpha value is -2.90. The van der Waals surface area contributed by atoms with Crippen molar-refractivity contribution in [3.05, 3.63) is 63.1 Å². The first-order valence-corrected chi connectivity index (χ1v) is 8.08. The monoisotopic (exact) mass is 391 g/mol. The molecule has 2 aromatic rings. The second-order valence-electron chi connectivity index (χ2n) is 5.50. The van der Waals surface area contributed by atoms with E-state index in [0.717, 1.165) is 4.90 Å². The molecule has 0 atom stereocenters. The first kappa shape index (κ1) is 17.9. The van der Waals surface area contributed by atoms with Gasteiger partial charge < -0.3 is 11.1 Å². The van der Waals surface area contributed by atoms with Gasteiger partial charge in [0.2, 0.25) is 11.8 Å². The van der Waals surface area contributed by atoms with E-state index in [0.29, 0.717) is 5.69 Å². The molecule has 0 aromatic heterocycles. The van der Waals surface area contributed by atoms with E-state index in [2.05, 4.69) is 5.32 Å². The van der Waals surface area contributed by atoms with Crippen LogP contribution in [0.1, 0.15) is 31.1 Å². The van der Waals surface area contributed by atoms with Crippen LogP contribution in [0.4, 0.5) is 5.69 Å². The summed E-state index contributed by atoms with van der Waals surface area (Å²) in [7, 11) is 0. The van der Waals surface area contributed by atoms with Crippen molar-refractivity contribution in [2.45, 2.75) is 0 Å². The molecule has 0 spiro atoms.